The molecular weight excluding hydrogens is 437 g/mol. The lowest BCUT2D eigenvalue weighted by molar-refractivity contribution is 0.397. The number of rotatable bonds is 3. The van der Waals surface area contributed by atoms with E-state index in [1.165, 1.54) is 4.88 Å². The lowest BCUT2D eigenvalue weighted by Gasteiger charge is -2.24. The second-order valence-corrected chi connectivity index (χ2v) is 7.04. The molecule has 2 N–H and O–H groups in total. The lowest BCUT2D eigenvalue weighted by Crippen LogP contribution is -2.41. The minimum atomic E-state index is 0. The normalized spacial score (nSPS) is 17.2. The van der Waals surface area contributed by atoms with Crippen molar-refractivity contribution in [2.75, 3.05) is 7.05 Å². The molecule has 0 spiro atoms. The van der Waals surface area contributed by atoms with Crippen molar-refractivity contribution < 1.29 is 0 Å². The van der Waals surface area contributed by atoms with Crippen LogP contribution in [0.15, 0.2) is 4.99 Å². The Hall–Kier alpha value is -1.23. The summed E-state index contributed by atoms with van der Waals surface area (Å²) < 4.78 is 2.00. The molecule has 0 amide bonds. The van der Waals surface area contributed by atoms with E-state index >= 15 is 0 Å². The Balaban J connectivity index is 0.00000208. The minimum absolute atomic E-state index is 0. The summed E-state index contributed by atoms with van der Waals surface area (Å²) in [6.07, 6.45) is 2.13. The van der Waals surface area contributed by atoms with Crippen molar-refractivity contribution in [3.05, 3.63) is 27.2 Å². The van der Waals surface area contributed by atoms with Crippen molar-refractivity contribution in [3.8, 4) is 0 Å². The molecule has 0 saturated heterocycles. The maximum absolute atomic E-state index is 4.55. The van der Waals surface area contributed by atoms with E-state index in [0.29, 0.717) is 6.54 Å². The van der Waals surface area contributed by atoms with Gasteiger partial charge in [0.25, 0.3) is 0 Å². The summed E-state index contributed by atoms with van der Waals surface area (Å²) in [5.74, 6) is 2.60. The third kappa shape index (κ3) is 4.24. The number of thiazole rings is 1. The zero-order valence-electron chi connectivity index (χ0n) is 14.5. The van der Waals surface area contributed by atoms with Crippen LogP contribution in [0.1, 0.15) is 46.1 Å². The molecule has 0 aliphatic carbocycles. The van der Waals surface area contributed by atoms with Gasteiger partial charge < -0.3 is 10.6 Å². The molecule has 3 heterocycles. The van der Waals surface area contributed by atoms with Gasteiger partial charge in [-0.2, -0.15) is 5.10 Å². The van der Waals surface area contributed by atoms with Gasteiger partial charge in [0.1, 0.15) is 16.7 Å². The second-order valence-electron chi connectivity index (χ2n) is 5.75. The van der Waals surface area contributed by atoms with Gasteiger partial charge in [-0.25, -0.2) is 14.6 Å². The van der Waals surface area contributed by atoms with E-state index in [1.807, 2.05) is 18.5 Å². The van der Waals surface area contributed by atoms with Crippen LogP contribution in [0.25, 0.3) is 0 Å². The standard InChI is InChI=1S/C15H23N7S.HI/c1-9-10(2)23-13(18-9)8-17-15(16-4)20-12-6-5-7-22-14(12)19-11(3)21-22;/h12H,5-8H2,1-4H3,(H2,16,17,20);1H. The Morgan fingerprint density at radius 1 is 1.33 bits per heavy atom. The number of hydrogen-bond donors (Lipinski definition) is 2. The number of guanidine groups is 1. The van der Waals surface area contributed by atoms with Crippen LogP contribution in [-0.4, -0.2) is 32.8 Å². The average Bonchev–Trinajstić information content (AvgIpc) is 3.06. The van der Waals surface area contributed by atoms with Crippen molar-refractivity contribution in [2.45, 2.75) is 52.7 Å². The molecule has 132 valence electrons. The highest BCUT2D eigenvalue weighted by atomic mass is 127. The first-order valence-corrected chi connectivity index (χ1v) is 8.70. The van der Waals surface area contributed by atoms with E-state index < -0.39 is 0 Å². The van der Waals surface area contributed by atoms with Crippen molar-refractivity contribution in [1.29, 1.82) is 0 Å². The fraction of sp³-hybridized carbons (Fsp3) is 0.600. The minimum Gasteiger partial charge on any atom is -0.350 e. The molecule has 1 aliphatic rings. The zero-order valence-corrected chi connectivity index (χ0v) is 17.6. The number of hydrogen-bond acceptors (Lipinski definition) is 5. The summed E-state index contributed by atoms with van der Waals surface area (Å²) >= 11 is 1.72. The summed E-state index contributed by atoms with van der Waals surface area (Å²) in [7, 11) is 1.78. The second kappa shape index (κ2) is 8.24. The van der Waals surface area contributed by atoms with E-state index in [0.717, 1.165) is 47.7 Å². The molecule has 2 aromatic heterocycles. The molecule has 7 nitrogen and oxygen atoms in total. The topological polar surface area (TPSA) is 80.0 Å². The van der Waals surface area contributed by atoms with Crippen LogP contribution in [0.5, 0.6) is 0 Å². The van der Waals surface area contributed by atoms with Crippen LogP contribution in [-0.2, 0) is 13.1 Å². The number of aromatic nitrogens is 4. The van der Waals surface area contributed by atoms with E-state index in [9.17, 15) is 0 Å². The van der Waals surface area contributed by atoms with Gasteiger partial charge in [-0.3, -0.25) is 4.99 Å². The van der Waals surface area contributed by atoms with Crippen LogP contribution < -0.4 is 10.6 Å². The van der Waals surface area contributed by atoms with Gasteiger partial charge in [-0.1, -0.05) is 0 Å². The number of nitrogens with zero attached hydrogens (tertiary/aromatic N) is 5. The smallest absolute Gasteiger partial charge is 0.191 e. The number of halogens is 1. The summed E-state index contributed by atoms with van der Waals surface area (Å²) in [5, 5.41) is 12.3. The van der Waals surface area contributed by atoms with Crippen LogP contribution in [0.2, 0.25) is 0 Å². The quantitative estimate of drug-likeness (QED) is 0.417. The molecule has 1 atom stereocenters. The van der Waals surface area contributed by atoms with Crippen LogP contribution >= 0.6 is 35.3 Å². The SMILES string of the molecule is CN=C(NCc1nc(C)c(C)s1)NC1CCCn2nc(C)nc21.I. The number of nitrogens with one attached hydrogen (secondary N) is 2. The van der Waals surface area contributed by atoms with Crippen LogP contribution in [0, 0.1) is 20.8 Å². The zero-order chi connectivity index (χ0) is 16.4. The maximum atomic E-state index is 4.55. The molecule has 0 fully saturated rings. The van der Waals surface area contributed by atoms with Crippen molar-refractivity contribution >= 4 is 41.3 Å². The largest absolute Gasteiger partial charge is 0.350 e. The van der Waals surface area contributed by atoms with Gasteiger partial charge in [0.15, 0.2) is 5.96 Å². The van der Waals surface area contributed by atoms with Gasteiger partial charge in [0, 0.05) is 18.5 Å². The molecule has 0 bridgehead atoms. The average molecular weight is 461 g/mol. The molecule has 0 aromatic carbocycles. The lowest BCUT2D eigenvalue weighted by atomic mass is 10.1. The first-order valence-electron chi connectivity index (χ1n) is 7.88. The Morgan fingerprint density at radius 2 is 2.12 bits per heavy atom. The molecule has 0 radical (unpaired) electrons. The number of aryl methyl sites for hydroxylation is 4. The van der Waals surface area contributed by atoms with Gasteiger partial charge in [0.05, 0.1) is 18.3 Å². The van der Waals surface area contributed by atoms with Crippen molar-refractivity contribution in [1.82, 2.24) is 30.4 Å². The van der Waals surface area contributed by atoms with Gasteiger partial charge in [0.2, 0.25) is 0 Å². The highest BCUT2D eigenvalue weighted by Crippen LogP contribution is 2.22. The number of fused-ring (bicyclic) bond motifs is 1. The van der Waals surface area contributed by atoms with Crippen molar-refractivity contribution in [2.24, 2.45) is 4.99 Å². The molecule has 9 heteroatoms. The van der Waals surface area contributed by atoms with Crippen LogP contribution in [0.3, 0.4) is 0 Å². The van der Waals surface area contributed by atoms with E-state index in [1.54, 1.807) is 18.4 Å². The fourth-order valence-electron chi connectivity index (χ4n) is 2.74. The third-order valence-electron chi connectivity index (χ3n) is 4.00. The van der Waals surface area contributed by atoms with Gasteiger partial charge >= 0.3 is 0 Å². The predicted octanol–water partition coefficient (Wildman–Crippen LogP) is 2.48. The monoisotopic (exact) mass is 461 g/mol. The predicted molar refractivity (Wildman–Crippen MR) is 107 cm³/mol. The van der Waals surface area contributed by atoms with Gasteiger partial charge in [-0.15, -0.1) is 35.3 Å². The molecule has 0 saturated carbocycles. The summed E-state index contributed by atoms with van der Waals surface area (Å²) in [6.45, 7) is 7.69. The third-order valence-corrected chi connectivity index (χ3v) is 5.07. The summed E-state index contributed by atoms with van der Waals surface area (Å²) in [6, 6.07) is 0.149. The van der Waals surface area contributed by atoms with E-state index in [2.05, 4.69) is 37.6 Å². The first kappa shape index (κ1) is 19.1. The first-order chi connectivity index (χ1) is 11.1. The summed E-state index contributed by atoms with van der Waals surface area (Å²) in [4.78, 5) is 14.7. The van der Waals surface area contributed by atoms with E-state index in [4.69, 9.17) is 0 Å². The highest BCUT2D eigenvalue weighted by Gasteiger charge is 2.24. The fourth-order valence-corrected chi connectivity index (χ4v) is 3.61. The molecular formula is C15H24IN7S. The van der Waals surface area contributed by atoms with Crippen molar-refractivity contribution in [3.63, 3.8) is 0 Å². The Kier molecular flexibility index (Phi) is 6.55. The Morgan fingerprint density at radius 3 is 2.79 bits per heavy atom. The summed E-state index contributed by atoms with van der Waals surface area (Å²) in [5.41, 5.74) is 1.10. The van der Waals surface area contributed by atoms with Gasteiger partial charge in [-0.05, 0) is 33.6 Å². The molecule has 24 heavy (non-hydrogen) atoms. The molecule has 2 aromatic rings. The Labute approximate surface area is 163 Å². The molecule has 3 rings (SSSR count). The Bertz CT molecular complexity index is 702. The molecule has 1 aliphatic heterocycles. The number of aliphatic imine (C=N–C) groups is 1. The molecule has 1 unspecified atom stereocenters. The van der Waals surface area contributed by atoms with E-state index in [-0.39, 0.29) is 30.0 Å². The highest BCUT2D eigenvalue weighted by molar-refractivity contribution is 14.0. The van der Waals surface area contributed by atoms with Crippen LogP contribution in [0.4, 0.5) is 0 Å². The maximum Gasteiger partial charge on any atom is 0.191 e.